The Kier molecular flexibility index (Phi) is 4.83. The molecule has 0 bridgehead atoms. The lowest BCUT2D eigenvalue weighted by molar-refractivity contribution is 0.415. The number of hydrogen-bond acceptors (Lipinski definition) is 3. The smallest absolute Gasteiger partial charge is 0.255 e. The van der Waals surface area contributed by atoms with Crippen molar-refractivity contribution in [3.63, 3.8) is 0 Å². The molecule has 1 heterocycles. The highest BCUT2D eigenvalue weighted by atomic mass is 16.5. The Bertz CT molecular complexity index is 750. The Morgan fingerprint density at radius 3 is 2.86 bits per heavy atom. The fourth-order valence-corrected chi connectivity index (χ4v) is 1.96. The van der Waals surface area contributed by atoms with Gasteiger partial charge in [0.25, 0.3) is 5.56 Å². The molecule has 1 aromatic heterocycles. The van der Waals surface area contributed by atoms with Gasteiger partial charge in [-0.05, 0) is 31.2 Å². The lowest BCUT2D eigenvalue weighted by atomic mass is 10.2. The molecule has 0 atom stereocenters. The summed E-state index contributed by atoms with van der Waals surface area (Å²) >= 11 is 0. The minimum atomic E-state index is -0.0575. The van der Waals surface area contributed by atoms with Gasteiger partial charge < -0.3 is 20.4 Å². The van der Waals surface area contributed by atoms with Crippen molar-refractivity contribution in [2.45, 2.75) is 13.5 Å². The minimum absolute atomic E-state index is 0.0575. The zero-order valence-electron chi connectivity index (χ0n) is 13.0. The van der Waals surface area contributed by atoms with Gasteiger partial charge >= 0.3 is 0 Å². The van der Waals surface area contributed by atoms with Crippen molar-refractivity contribution in [2.24, 2.45) is 17.8 Å². The normalized spacial score (nSPS) is 11.3. The van der Waals surface area contributed by atoms with Crippen LogP contribution in [0.1, 0.15) is 11.3 Å². The Hall–Kier alpha value is -2.76. The molecule has 0 saturated heterocycles. The second-order valence-electron chi connectivity index (χ2n) is 4.92. The van der Waals surface area contributed by atoms with Crippen molar-refractivity contribution in [3.05, 3.63) is 58.0 Å². The number of nitrogens with zero attached hydrogens (tertiary/aromatic N) is 2. The third kappa shape index (κ3) is 3.66. The highest BCUT2D eigenvalue weighted by Crippen LogP contribution is 2.16. The summed E-state index contributed by atoms with van der Waals surface area (Å²) in [6.45, 7) is 2.11. The van der Waals surface area contributed by atoms with Crippen molar-refractivity contribution in [2.75, 3.05) is 12.4 Å². The number of ether oxygens (including phenoxy) is 1. The molecule has 2 rings (SSSR count). The molecule has 3 N–H and O–H groups in total. The van der Waals surface area contributed by atoms with Gasteiger partial charge in [-0.25, -0.2) is 4.99 Å². The Balaban J connectivity index is 2.10. The molecule has 0 radical (unpaired) electrons. The molecule has 0 unspecified atom stereocenters. The first-order valence-electron chi connectivity index (χ1n) is 6.88. The maximum absolute atomic E-state index is 12.1. The largest absolute Gasteiger partial charge is 0.497 e. The van der Waals surface area contributed by atoms with E-state index in [1.807, 2.05) is 37.3 Å². The molecule has 2 aromatic rings. The molecule has 0 amide bonds. The molecule has 6 nitrogen and oxygen atoms in total. The van der Waals surface area contributed by atoms with E-state index in [1.165, 1.54) is 0 Å². The maximum atomic E-state index is 12.1. The topological polar surface area (TPSA) is 81.6 Å². The Morgan fingerprint density at radius 1 is 1.36 bits per heavy atom. The highest BCUT2D eigenvalue weighted by Gasteiger charge is 2.03. The summed E-state index contributed by atoms with van der Waals surface area (Å²) in [6.07, 6.45) is 0. The lowest BCUT2D eigenvalue weighted by Crippen LogP contribution is -2.25. The van der Waals surface area contributed by atoms with Crippen molar-refractivity contribution in [1.29, 1.82) is 0 Å². The van der Waals surface area contributed by atoms with Gasteiger partial charge in [-0.2, -0.15) is 0 Å². The molecule has 116 valence electrons. The molecule has 0 aliphatic carbocycles. The van der Waals surface area contributed by atoms with Crippen LogP contribution in [0.3, 0.4) is 0 Å². The van der Waals surface area contributed by atoms with Crippen LogP contribution in [0, 0.1) is 6.92 Å². The quantitative estimate of drug-likeness (QED) is 0.664. The predicted molar refractivity (Wildman–Crippen MR) is 88.4 cm³/mol. The van der Waals surface area contributed by atoms with Crippen LogP contribution >= 0.6 is 0 Å². The summed E-state index contributed by atoms with van der Waals surface area (Å²) in [5.74, 6) is 0.973. The second-order valence-corrected chi connectivity index (χ2v) is 4.92. The van der Waals surface area contributed by atoms with Crippen LogP contribution in [0.4, 0.5) is 5.69 Å². The molecular weight excluding hydrogens is 280 g/mol. The maximum Gasteiger partial charge on any atom is 0.255 e. The van der Waals surface area contributed by atoms with Crippen LogP contribution < -0.4 is 21.3 Å². The van der Waals surface area contributed by atoms with Gasteiger partial charge in [0.05, 0.1) is 13.7 Å². The van der Waals surface area contributed by atoms with Gasteiger partial charge in [-0.15, -0.1) is 0 Å². The van der Waals surface area contributed by atoms with Crippen LogP contribution in [0.5, 0.6) is 5.75 Å². The number of methoxy groups -OCH3 is 1. The van der Waals surface area contributed by atoms with Crippen molar-refractivity contribution < 1.29 is 4.74 Å². The van der Waals surface area contributed by atoms with Gasteiger partial charge in [-0.1, -0.05) is 6.07 Å². The van der Waals surface area contributed by atoms with E-state index >= 15 is 0 Å². The molecule has 6 heteroatoms. The number of benzene rings is 1. The first-order chi connectivity index (χ1) is 10.5. The zero-order valence-corrected chi connectivity index (χ0v) is 13.0. The number of aromatic nitrogens is 1. The summed E-state index contributed by atoms with van der Waals surface area (Å²) in [5.41, 5.74) is 8.07. The number of aryl methyl sites for hydroxylation is 1. The number of aliphatic imine (C=N–C) groups is 1. The minimum Gasteiger partial charge on any atom is -0.497 e. The van der Waals surface area contributed by atoms with Crippen molar-refractivity contribution >= 4 is 11.6 Å². The number of guanidine groups is 1. The Labute approximate surface area is 129 Å². The van der Waals surface area contributed by atoms with Gasteiger partial charge in [0.2, 0.25) is 0 Å². The molecule has 0 aliphatic heterocycles. The summed E-state index contributed by atoms with van der Waals surface area (Å²) in [6, 6.07) is 11.0. The van der Waals surface area contributed by atoms with Crippen LogP contribution in [0.2, 0.25) is 0 Å². The first kappa shape index (κ1) is 15.6. The van der Waals surface area contributed by atoms with Crippen LogP contribution in [-0.2, 0) is 13.6 Å². The van der Waals surface area contributed by atoms with E-state index in [-0.39, 0.29) is 18.1 Å². The lowest BCUT2D eigenvalue weighted by Gasteiger charge is -2.08. The van der Waals surface area contributed by atoms with Gasteiger partial charge in [0.1, 0.15) is 5.75 Å². The van der Waals surface area contributed by atoms with E-state index in [0.29, 0.717) is 5.56 Å². The third-order valence-electron chi connectivity index (χ3n) is 3.40. The van der Waals surface area contributed by atoms with Crippen LogP contribution in [0.15, 0.2) is 46.2 Å². The van der Waals surface area contributed by atoms with E-state index in [1.54, 1.807) is 24.8 Å². The standard InChI is InChI=1S/C16H20N4O2/c1-11-7-8-12(15(21)20(11)2)10-18-16(17)19-13-5-4-6-14(9-13)22-3/h4-9H,10H2,1-3H3,(H3,17,18,19). The molecule has 1 aromatic carbocycles. The average molecular weight is 300 g/mol. The Morgan fingerprint density at radius 2 is 2.14 bits per heavy atom. The third-order valence-corrected chi connectivity index (χ3v) is 3.40. The highest BCUT2D eigenvalue weighted by molar-refractivity contribution is 5.92. The monoisotopic (exact) mass is 300 g/mol. The molecule has 0 aliphatic rings. The SMILES string of the molecule is COc1cccc(NC(N)=NCc2ccc(C)n(C)c2=O)c1. The fraction of sp³-hybridized carbons (Fsp3) is 0.250. The molecule has 0 spiro atoms. The number of nitrogens with two attached hydrogens (primary N) is 1. The number of rotatable bonds is 4. The van der Waals surface area contributed by atoms with Crippen molar-refractivity contribution in [3.8, 4) is 5.75 Å². The number of pyridine rings is 1. The molecular formula is C16H20N4O2. The summed E-state index contributed by atoms with van der Waals surface area (Å²) in [4.78, 5) is 16.3. The van der Waals surface area contributed by atoms with E-state index in [0.717, 1.165) is 17.1 Å². The van der Waals surface area contributed by atoms with E-state index in [2.05, 4.69) is 10.3 Å². The number of nitrogens with one attached hydrogen (secondary N) is 1. The van der Waals surface area contributed by atoms with Crippen LogP contribution in [-0.4, -0.2) is 17.6 Å². The second kappa shape index (κ2) is 6.80. The van der Waals surface area contributed by atoms with Gasteiger partial charge in [0.15, 0.2) is 5.96 Å². The zero-order chi connectivity index (χ0) is 16.1. The summed E-state index contributed by atoms with van der Waals surface area (Å²) in [5, 5.41) is 2.97. The van der Waals surface area contributed by atoms with E-state index in [4.69, 9.17) is 10.5 Å². The summed E-state index contributed by atoms with van der Waals surface area (Å²) < 4.78 is 6.73. The fourth-order valence-electron chi connectivity index (χ4n) is 1.96. The van der Waals surface area contributed by atoms with Gasteiger partial charge in [-0.3, -0.25) is 4.79 Å². The molecule has 22 heavy (non-hydrogen) atoms. The van der Waals surface area contributed by atoms with E-state index < -0.39 is 0 Å². The average Bonchev–Trinajstić information content (AvgIpc) is 2.52. The molecule has 0 fully saturated rings. The van der Waals surface area contributed by atoms with Crippen LogP contribution in [0.25, 0.3) is 0 Å². The van der Waals surface area contributed by atoms with Crippen molar-refractivity contribution in [1.82, 2.24) is 4.57 Å². The van der Waals surface area contributed by atoms with E-state index in [9.17, 15) is 4.79 Å². The molecule has 0 saturated carbocycles. The predicted octanol–water partition coefficient (Wildman–Crippen LogP) is 1.63. The summed E-state index contributed by atoms with van der Waals surface area (Å²) in [7, 11) is 3.34. The number of anilines is 1. The first-order valence-corrected chi connectivity index (χ1v) is 6.88. The number of hydrogen-bond donors (Lipinski definition) is 2. The van der Waals surface area contributed by atoms with Gasteiger partial charge in [0, 0.05) is 30.1 Å².